The molecule has 18 heavy (non-hydrogen) atoms. The molecule has 96 valence electrons. The molecule has 0 aliphatic carbocycles. The first-order valence-corrected chi connectivity index (χ1v) is 7.02. The molecule has 2 aromatic rings. The van der Waals surface area contributed by atoms with Gasteiger partial charge in [-0.15, -0.1) is 0 Å². The first-order chi connectivity index (χ1) is 8.74. The van der Waals surface area contributed by atoms with Gasteiger partial charge in [0.1, 0.15) is 0 Å². The summed E-state index contributed by atoms with van der Waals surface area (Å²) in [5.41, 5.74) is 5.55. The Balaban J connectivity index is 1.94. The summed E-state index contributed by atoms with van der Waals surface area (Å²) in [5, 5.41) is 4.88. The Labute approximate surface area is 109 Å². The van der Waals surface area contributed by atoms with E-state index in [1.165, 1.54) is 54.5 Å². The summed E-state index contributed by atoms with van der Waals surface area (Å²) in [4.78, 5) is 3.53. The van der Waals surface area contributed by atoms with Crippen LogP contribution in [0.25, 0.3) is 10.9 Å². The van der Waals surface area contributed by atoms with Gasteiger partial charge in [-0.05, 0) is 69.8 Å². The third-order valence-electron chi connectivity index (χ3n) is 4.23. The van der Waals surface area contributed by atoms with E-state index in [-0.39, 0.29) is 0 Å². The predicted molar refractivity (Wildman–Crippen MR) is 77.1 cm³/mol. The molecule has 0 atom stereocenters. The molecule has 2 heterocycles. The van der Waals surface area contributed by atoms with Crippen LogP contribution in [-0.4, -0.2) is 18.1 Å². The van der Waals surface area contributed by atoms with Gasteiger partial charge in [0, 0.05) is 16.6 Å². The second-order valence-corrected chi connectivity index (χ2v) is 5.68. The molecule has 0 saturated carbocycles. The van der Waals surface area contributed by atoms with Gasteiger partial charge in [0.2, 0.25) is 0 Å². The lowest BCUT2D eigenvalue weighted by Gasteiger charge is -2.22. The first-order valence-electron chi connectivity index (χ1n) is 7.02. The number of piperidine rings is 1. The molecule has 1 saturated heterocycles. The molecule has 2 N–H and O–H groups in total. The molecule has 1 aliphatic heterocycles. The first kappa shape index (κ1) is 11.8. The second kappa shape index (κ2) is 4.77. The average molecular weight is 242 g/mol. The quantitative estimate of drug-likeness (QED) is 0.830. The van der Waals surface area contributed by atoms with Gasteiger partial charge in [-0.3, -0.25) is 0 Å². The van der Waals surface area contributed by atoms with Crippen molar-refractivity contribution in [2.45, 2.75) is 33.1 Å². The fourth-order valence-electron chi connectivity index (χ4n) is 3.13. The summed E-state index contributed by atoms with van der Waals surface area (Å²) >= 11 is 0. The van der Waals surface area contributed by atoms with E-state index in [2.05, 4.69) is 42.3 Å². The number of aryl methyl sites for hydroxylation is 2. The Morgan fingerprint density at radius 3 is 2.72 bits per heavy atom. The molecular weight excluding hydrogens is 220 g/mol. The van der Waals surface area contributed by atoms with Crippen LogP contribution in [-0.2, 0) is 6.42 Å². The van der Waals surface area contributed by atoms with Gasteiger partial charge in [0.15, 0.2) is 0 Å². The maximum absolute atomic E-state index is 3.53. The Morgan fingerprint density at radius 2 is 1.94 bits per heavy atom. The monoisotopic (exact) mass is 242 g/mol. The summed E-state index contributed by atoms with van der Waals surface area (Å²) in [6.07, 6.45) is 3.87. The van der Waals surface area contributed by atoms with Crippen LogP contribution in [0.1, 0.15) is 29.7 Å². The van der Waals surface area contributed by atoms with Gasteiger partial charge in [-0.1, -0.05) is 11.6 Å². The molecule has 1 aliphatic rings. The van der Waals surface area contributed by atoms with Crippen molar-refractivity contribution in [2.24, 2.45) is 5.92 Å². The summed E-state index contributed by atoms with van der Waals surface area (Å²) in [5.74, 6) is 0.851. The van der Waals surface area contributed by atoms with Gasteiger partial charge in [-0.25, -0.2) is 0 Å². The fourth-order valence-corrected chi connectivity index (χ4v) is 3.13. The highest BCUT2D eigenvalue weighted by atomic mass is 14.9. The molecule has 1 aromatic heterocycles. The van der Waals surface area contributed by atoms with Crippen LogP contribution in [0.15, 0.2) is 18.2 Å². The highest BCUT2D eigenvalue weighted by Crippen LogP contribution is 2.28. The Bertz CT molecular complexity index is 547. The minimum absolute atomic E-state index is 0.851. The normalized spacial score (nSPS) is 17.4. The van der Waals surface area contributed by atoms with Crippen molar-refractivity contribution >= 4 is 10.9 Å². The van der Waals surface area contributed by atoms with Crippen molar-refractivity contribution in [3.8, 4) is 0 Å². The van der Waals surface area contributed by atoms with Crippen LogP contribution >= 0.6 is 0 Å². The second-order valence-electron chi connectivity index (χ2n) is 5.68. The molecule has 0 spiro atoms. The number of aromatic amines is 1. The Kier molecular flexibility index (Phi) is 3.13. The van der Waals surface area contributed by atoms with Gasteiger partial charge >= 0.3 is 0 Å². The third kappa shape index (κ3) is 2.17. The van der Waals surface area contributed by atoms with Crippen molar-refractivity contribution in [1.82, 2.24) is 10.3 Å². The molecule has 0 bridgehead atoms. The van der Waals surface area contributed by atoms with E-state index in [1.54, 1.807) is 5.56 Å². The van der Waals surface area contributed by atoms with Crippen molar-refractivity contribution in [1.29, 1.82) is 0 Å². The van der Waals surface area contributed by atoms with Gasteiger partial charge in [0.25, 0.3) is 0 Å². The summed E-state index contributed by atoms with van der Waals surface area (Å²) in [6, 6.07) is 6.73. The van der Waals surface area contributed by atoms with E-state index in [9.17, 15) is 0 Å². The number of aromatic nitrogens is 1. The summed E-state index contributed by atoms with van der Waals surface area (Å²) in [6.45, 7) is 6.76. The summed E-state index contributed by atoms with van der Waals surface area (Å²) in [7, 11) is 0. The van der Waals surface area contributed by atoms with Gasteiger partial charge in [-0.2, -0.15) is 0 Å². The standard InChI is InChI=1S/C16H22N2/c1-11-3-4-16-15(9-11)14(12(2)18-16)10-13-5-7-17-8-6-13/h3-4,9,13,17-18H,5-8,10H2,1-2H3. The van der Waals surface area contributed by atoms with Crippen molar-refractivity contribution < 1.29 is 0 Å². The van der Waals surface area contributed by atoms with Crippen LogP contribution < -0.4 is 5.32 Å². The van der Waals surface area contributed by atoms with E-state index in [0.717, 1.165) is 5.92 Å². The average Bonchev–Trinajstić information content (AvgIpc) is 2.67. The molecule has 2 nitrogen and oxygen atoms in total. The number of hydrogen-bond acceptors (Lipinski definition) is 1. The Hall–Kier alpha value is -1.28. The van der Waals surface area contributed by atoms with E-state index in [1.807, 2.05) is 0 Å². The third-order valence-corrected chi connectivity index (χ3v) is 4.23. The van der Waals surface area contributed by atoms with E-state index in [4.69, 9.17) is 0 Å². The van der Waals surface area contributed by atoms with E-state index in [0.29, 0.717) is 0 Å². The number of rotatable bonds is 2. The lowest BCUT2D eigenvalue weighted by atomic mass is 9.89. The minimum atomic E-state index is 0.851. The Morgan fingerprint density at radius 1 is 1.17 bits per heavy atom. The largest absolute Gasteiger partial charge is 0.358 e. The smallest absolute Gasteiger partial charge is 0.0459 e. The number of benzene rings is 1. The number of hydrogen-bond donors (Lipinski definition) is 2. The predicted octanol–water partition coefficient (Wildman–Crippen LogP) is 3.33. The van der Waals surface area contributed by atoms with E-state index >= 15 is 0 Å². The summed E-state index contributed by atoms with van der Waals surface area (Å²) < 4.78 is 0. The molecule has 1 fully saturated rings. The molecule has 3 rings (SSSR count). The minimum Gasteiger partial charge on any atom is -0.358 e. The SMILES string of the molecule is Cc1ccc2[nH]c(C)c(CC3CCNCC3)c2c1. The molecule has 0 radical (unpaired) electrons. The van der Waals surface area contributed by atoms with Crippen LogP contribution in [0.4, 0.5) is 0 Å². The van der Waals surface area contributed by atoms with Crippen LogP contribution in [0.3, 0.4) is 0 Å². The number of fused-ring (bicyclic) bond motifs is 1. The number of H-pyrrole nitrogens is 1. The van der Waals surface area contributed by atoms with Gasteiger partial charge in [0.05, 0.1) is 0 Å². The lowest BCUT2D eigenvalue weighted by molar-refractivity contribution is 0.373. The maximum atomic E-state index is 3.53. The highest BCUT2D eigenvalue weighted by Gasteiger charge is 2.17. The molecule has 1 aromatic carbocycles. The zero-order valence-corrected chi connectivity index (χ0v) is 11.3. The molecule has 0 unspecified atom stereocenters. The topological polar surface area (TPSA) is 27.8 Å². The van der Waals surface area contributed by atoms with Crippen molar-refractivity contribution in [2.75, 3.05) is 13.1 Å². The zero-order chi connectivity index (χ0) is 12.5. The molecule has 0 amide bonds. The van der Waals surface area contributed by atoms with Crippen LogP contribution in [0, 0.1) is 19.8 Å². The van der Waals surface area contributed by atoms with Crippen LogP contribution in [0.5, 0.6) is 0 Å². The van der Waals surface area contributed by atoms with Crippen molar-refractivity contribution in [3.63, 3.8) is 0 Å². The zero-order valence-electron chi connectivity index (χ0n) is 11.3. The van der Waals surface area contributed by atoms with Crippen molar-refractivity contribution in [3.05, 3.63) is 35.0 Å². The van der Waals surface area contributed by atoms with Gasteiger partial charge < -0.3 is 10.3 Å². The fraction of sp³-hybridized carbons (Fsp3) is 0.500. The highest BCUT2D eigenvalue weighted by molar-refractivity contribution is 5.85. The number of nitrogens with one attached hydrogen (secondary N) is 2. The molecule has 2 heteroatoms. The maximum Gasteiger partial charge on any atom is 0.0459 e. The van der Waals surface area contributed by atoms with Crippen LogP contribution in [0.2, 0.25) is 0 Å². The lowest BCUT2D eigenvalue weighted by Crippen LogP contribution is -2.28. The van der Waals surface area contributed by atoms with E-state index < -0.39 is 0 Å². The molecular formula is C16H22N2.